The maximum atomic E-state index is 13.5. The number of rotatable bonds is 8. The zero-order valence-corrected chi connectivity index (χ0v) is 11.1. The van der Waals surface area contributed by atoms with Crippen LogP contribution in [0.3, 0.4) is 0 Å². The number of aromatic nitrogens is 2. The third kappa shape index (κ3) is 4.95. The first-order chi connectivity index (χ1) is 10.1. The molecule has 22 heavy (non-hydrogen) atoms. The maximum absolute atomic E-state index is 13.5. The molecule has 0 fully saturated rings. The van der Waals surface area contributed by atoms with Gasteiger partial charge in [-0.1, -0.05) is 4.98 Å². The Hall–Kier alpha value is -2.24. The Bertz CT molecular complexity index is 548. The van der Waals surface area contributed by atoms with Crippen molar-refractivity contribution in [2.24, 2.45) is 0 Å². The highest BCUT2D eigenvalue weighted by Gasteiger charge is 2.42. The number of aromatic amines is 1. The Kier molecular flexibility index (Phi) is 5.41. The van der Waals surface area contributed by atoms with Crippen molar-refractivity contribution in [2.45, 2.75) is 18.3 Å². The molecule has 1 aromatic heterocycles. The molecular weight excluding hydrogens is 318 g/mol. The van der Waals surface area contributed by atoms with Crippen molar-refractivity contribution >= 4 is 11.9 Å². The summed E-state index contributed by atoms with van der Waals surface area (Å²) in [5.41, 5.74) is -0.264. The molecule has 0 aromatic carbocycles. The molecule has 0 bridgehead atoms. The first-order valence-corrected chi connectivity index (χ1v) is 5.67. The molecule has 124 valence electrons. The minimum atomic E-state index is -4.04. The minimum Gasteiger partial charge on any atom is -0.465 e. The first kappa shape index (κ1) is 17.8. The van der Waals surface area contributed by atoms with Gasteiger partial charge >= 0.3 is 17.8 Å². The van der Waals surface area contributed by atoms with Crippen LogP contribution in [0.25, 0.3) is 0 Å². The van der Waals surface area contributed by atoms with Gasteiger partial charge in [0.25, 0.3) is 5.92 Å². The third-order valence-corrected chi connectivity index (χ3v) is 2.32. The Morgan fingerprint density at radius 3 is 2.55 bits per heavy atom. The molecule has 0 atom stereocenters. The van der Waals surface area contributed by atoms with Crippen LogP contribution in [-0.4, -0.2) is 53.0 Å². The van der Waals surface area contributed by atoms with Crippen molar-refractivity contribution in [3.63, 3.8) is 0 Å². The monoisotopic (exact) mass is 329 g/mol. The zero-order valence-electron chi connectivity index (χ0n) is 11.1. The van der Waals surface area contributed by atoms with Crippen LogP contribution in [0, 0.1) is 10.1 Å². The second-order valence-electron chi connectivity index (χ2n) is 4.21. The maximum Gasteiger partial charge on any atom is 0.432 e. The van der Waals surface area contributed by atoms with Crippen molar-refractivity contribution in [3.8, 4) is 0 Å². The number of alkyl halides is 4. The van der Waals surface area contributed by atoms with Gasteiger partial charge in [0.05, 0.1) is 13.5 Å². The molecule has 0 amide bonds. The second kappa shape index (κ2) is 6.68. The molecule has 1 rings (SSSR count). The summed E-state index contributed by atoms with van der Waals surface area (Å²) in [6.45, 7) is -2.98. The molecule has 0 radical (unpaired) electrons. The summed E-state index contributed by atoms with van der Waals surface area (Å²) in [5, 5.41) is 10.3. The van der Waals surface area contributed by atoms with Crippen LogP contribution in [0.15, 0.2) is 6.20 Å². The van der Waals surface area contributed by atoms with E-state index in [4.69, 9.17) is 0 Å². The fourth-order valence-electron chi connectivity index (χ4n) is 1.40. The van der Waals surface area contributed by atoms with E-state index in [1.807, 2.05) is 4.98 Å². The van der Waals surface area contributed by atoms with E-state index in [-0.39, 0.29) is 5.69 Å². The molecule has 8 nitrogen and oxygen atoms in total. The number of nitro groups is 1. The quantitative estimate of drug-likeness (QED) is 0.333. The number of H-pyrrole nitrogens is 1. The number of ether oxygens (including phenoxy) is 2. The minimum absolute atomic E-state index is 0.264. The van der Waals surface area contributed by atoms with E-state index in [1.54, 1.807) is 0 Å². The number of halogens is 4. The van der Waals surface area contributed by atoms with Crippen molar-refractivity contribution in [3.05, 3.63) is 22.0 Å². The van der Waals surface area contributed by atoms with E-state index in [2.05, 4.69) is 14.5 Å². The molecule has 1 heterocycles. The van der Waals surface area contributed by atoms with E-state index in [0.29, 0.717) is 0 Å². The normalized spacial score (nSPS) is 12.2. The molecule has 12 heteroatoms. The van der Waals surface area contributed by atoms with Gasteiger partial charge in [0.1, 0.15) is 25.1 Å². The van der Waals surface area contributed by atoms with Crippen LogP contribution in [0.2, 0.25) is 0 Å². The SMILES string of the molecule is COC(=O)C(F)(F)COCC(F)(F)Cc1cnc([N+](=O)[O-])[nH]1. The smallest absolute Gasteiger partial charge is 0.432 e. The molecule has 0 aliphatic heterocycles. The highest BCUT2D eigenvalue weighted by Crippen LogP contribution is 2.22. The van der Waals surface area contributed by atoms with Gasteiger partial charge in [0, 0.05) is 0 Å². The molecule has 0 saturated heterocycles. The Balaban J connectivity index is 2.53. The van der Waals surface area contributed by atoms with Gasteiger partial charge in [-0.3, -0.25) is 0 Å². The van der Waals surface area contributed by atoms with Crippen LogP contribution in [-0.2, 0) is 20.7 Å². The third-order valence-electron chi connectivity index (χ3n) is 2.32. The van der Waals surface area contributed by atoms with Gasteiger partial charge in [-0.05, 0) is 4.92 Å². The van der Waals surface area contributed by atoms with Crippen molar-refractivity contribution in [2.75, 3.05) is 20.3 Å². The summed E-state index contributed by atoms with van der Waals surface area (Å²) in [7, 11) is 0.718. The highest BCUT2D eigenvalue weighted by atomic mass is 19.3. The topological polar surface area (TPSA) is 107 Å². The highest BCUT2D eigenvalue weighted by molar-refractivity contribution is 5.77. The number of hydrogen-bond acceptors (Lipinski definition) is 6. The average molecular weight is 329 g/mol. The predicted molar refractivity (Wildman–Crippen MR) is 61.7 cm³/mol. The lowest BCUT2D eigenvalue weighted by Gasteiger charge is -2.17. The molecule has 0 saturated carbocycles. The number of nitrogens with one attached hydrogen (secondary N) is 1. The van der Waals surface area contributed by atoms with Crippen molar-refractivity contribution < 1.29 is 36.8 Å². The van der Waals surface area contributed by atoms with Crippen LogP contribution in [0.4, 0.5) is 23.5 Å². The van der Waals surface area contributed by atoms with Gasteiger partial charge in [-0.2, -0.15) is 8.78 Å². The molecule has 0 aliphatic carbocycles. The number of esters is 1. The standard InChI is InChI=1S/C10H11F4N3O5/c1-21-7(18)10(13,14)5-22-4-9(11,12)2-6-3-15-8(16-6)17(19)20/h3H,2,4-5H2,1H3,(H,15,16). The number of nitrogens with zero attached hydrogens (tertiary/aromatic N) is 2. The Labute approximate surface area is 120 Å². The summed E-state index contributed by atoms with van der Waals surface area (Å²) in [6.07, 6.45) is -0.202. The lowest BCUT2D eigenvalue weighted by molar-refractivity contribution is -0.393. The Morgan fingerprint density at radius 1 is 1.41 bits per heavy atom. The van der Waals surface area contributed by atoms with E-state index in [1.165, 1.54) is 0 Å². The zero-order chi connectivity index (χ0) is 17.0. The van der Waals surface area contributed by atoms with Gasteiger partial charge < -0.3 is 19.6 Å². The molecule has 1 aromatic rings. The molecule has 0 unspecified atom stereocenters. The van der Waals surface area contributed by atoms with E-state index < -0.39 is 48.3 Å². The lowest BCUT2D eigenvalue weighted by Crippen LogP contribution is -2.37. The average Bonchev–Trinajstić information content (AvgIpc) is 2.84. The summed E-state index contributed by atoms with van der Waals surface area (Å²) >= 11 is 0. The predicted octanol–water partition coefficient (Wildman–Crippen LogP) is 1.32. The Morgan fingerprint density at radius 2 is 2.05 bits per heavy atom. The molecule has 1 N–H and O–H groups in total. The van der Waals surface area contributed by atoms with E-state index >= 15 is 0 Å². The number of carbonyl (C=O) groups is 1. The fraction of sp³-hybridized carbons (Fsp3) is 0.600. The summed E-state index contributed by atoms with van der Waals surface area (Å²) in [5.74, 6) is -10.3. The summed E-state index contributed by atoms with van der Waals surface area (Å²) < 4.78 is 60.8. The number of imidazole rings is 1. The number of hydrogen-bond donors (Lipinski definition) is 1. The van der Waals surface area contributed by atoms with E-state index in [0.717, 1.165) is 13.3 Å². The molecular formula is C10H11F4N3O5. The van der Waals surface area contributed by atoms with Crippen molar-refractivity contribution in [1.82, 2.24) is 9.97 Å². The lowest BCUT2D eigenvalue weighted by atomic mass is 10.2. The molecule has 0 aliphatic rings. The summed E-state index contributed by atoms with van der Waals surface area (Å²) in [4.78, 5) is 25.3. The van der Waals surface area contributed by atoms with Gasteiger partial charge in [-0.25, -0.2) is 18.6 Å². The van der Waals surface area contributed by atoms with Crippen LogP contribution in [0.5, 0.6) is 0 Å². The second-order valence-corrected chi connectivity index (χ2v) is 4.21. The largest absolute Gasteiger partial charge is 0.465 e. The number of carbonyl (C=O) groups excluding carboxylic acids is 1. The summed E-state index contributed by atoms with van der Waals surface area (Å²) in [6, 6.07) is 0. The van der Waals surface area contributed by atoms with Gasteiger partial charge in [0.2, 0.25) is 0 Å². The first-order valence-electron chi connectivity index (χ1n) is 5.67. The van der Waals surface area contributed by atoms with Gasteiger partial charge in [-0.15, -0.1) is 0 Å². The van der Waals surface area contributed by atoms with E-state index in [9.17, 15) is 32.5 Å². The number of methoxy groups -OCH3 is 1. The molecule has 0 spiro atoms. The van der Waals surface area contributed by atoms with Crippen LogP contribution >= 0.6 is 0 Å². The van der Waals surface area contributed by atoms with Crippen LogP contribution in [0.1, 0.15) is 5.69 Å². The van der Waals surface area contributed by atoms with Crippen LogP contribution < -0.4 is 0 Å². The van der Waals surface area contributed by atoms with Crippen molar-refractivity contribution in [1.29, 1.82) is 0 Å². The fourth-order valence-corrected chi connectivity index (χ4v) is 1.40. The van der Waals surface area contributed by atoms with Gasteiger partial charge in [0.15, 0.2) is 0 Å².